The van der Waals surface area contributed by atoms with E-state index in [0.29, 0.717) is 83.2 Å². The summed E-state index contributed by atoms with van der Waals surface area (Å²) in [5.74, 6) is -2.23. The van der Waals surface area contributed by atoms with Crippen molar-refractivity contribution in [3.63, 3.8) is 0 Å². The van der Waals surface area contributed by atoms with Crippen LogP contribution in [-0.4, -0.2) is 143 Å². The molecule has 0 aliphatic heterocycles. The number of methoxy groups -OCH3 is 6. The van der Waals surface area contributed by atoms with Gasteiger partial charge in [-0.15, -0.1) is 0 Å². The van der Waals surface area contributed by atoms with Gasteiger partial charge in [0.05, 0.1) is 75.7 Å². The molecule has 0 aliphatic rings. The number of unbranched alkanes of at least 4 members (excludes halogenated alkanes) is 1. The molecule has 4 aromatic carbocycles. The molecule has 4 aromatic rings. The number of rotatable bonds is 32. The highest BCUT2D eigenvalue weighted by molar-refractivity contribution is 6.19. The maximum atomic E-state index is 12.1. The largest absolute Gasteiger partial charge is 0.493 e. The van der Waals surface area contributed by atoms with Gasteiger partial charge in [0.1, 0.15) is 53.6 Å². The number of carbonyl (C=O) groups is 8. The maximum absolute atomic E-state index is 12.1. The van der Waals surface area contributed by atoms with E-state index in [1.54, 1.807) is 107 Å². The van der Waals surface area contributed by atoms with Crippen LogP contribution in [0.15, 0.2) is 149 Å². The molecule has 0 unspecified atom stereocenters. The minimum atomic E-state index is -0.768. The first-order chi connectivity index (χ1) is 46.5. The summed E-state index contributed by atoms with van der Waals surface area (Å²) in [7, 11) is 7.87. The highest BCUT2D eigenvalue weighted by Crippen LogP contribution is 2.34. The Kier molecular flexibility index (Phi) is 42.6. The second-order valence-corrected chi connectivity index (χ2v) is 20.1. The molecule has 526 valence electrons. The molecule has 0 bridgehead atoms. The van der Waals surface area contributed by atoms with Gasteiger partial charge in [0.15, 0.2) is 23.0 Å². The van der Waals surface area contributed by atoms with Crippen molar-refractivity contribution in [3.8, 4) is 34.5 Å². The predicted octanol–water partition coefficient (Wildman–Crippen LogP) is 12.9. The molecule has 97 heavy (non-hydrogen) atoms. The van der Waals surface area contributed by atoms with Gasteiger partial charge in [0.25, 0.3) is 0 Å². The lowest BCUT2D eigenvalue weighted by molar-refractivity contribution is -0.148. The maximum Gasteiger partial charge on any atom is 0.345 e. The Hall–Kier alpha value is -10.6. The molecule has 0 fully saturated rings. The highest BCUT2D eigenvalue weighted by atomic mass is 16.6. The lowest BCUT2D eigenvalue weighted by atomic mass is 10.1. The van der Waals surface area contributed by atoms with Gasteiger partial charge in [-0.05, 0) is 202 Å². The fraction of sp³-hybridized carbons (Fsp3) is 0.360. The molecule has 22 nitrogen and oxygen atoms in total. The van der Waals surface area contributed by atoms with Gasteiger partial charge >= 0.3 is 47.8 Å². The Morgan fingerprint density at radius 3 is 1.12 bits per heavy atom. The van der Waals surface area contributed by atoms with E-state index in [1.165, 1.54) is 72.5 Å². The van der Waals surface area contributed by atoms with Gasteiger partial charge < -0.3 is 66.3 Å². The van der Waals surface area contributed by atoms with Crippen LogP contribution in [0.1, 0.15) is 110 Å². The molecule has 0 saturated carbocycles. The summed E-state index contributed by atoms with van der Waals surface area (Å²) in [6.45, 7) is 23.1. The SMILES string of the molecule is C/C=C/CCCOc1ccc(C=C(C(=O)OC)C(=O)OC)cc1OC.C/C=C/COc1ccc(C=C(C(=O)OC)C(=O)OC)cc1.CCOC(=O)C(=Cc1cc(C)c(OCC=C(C)C)c(OC)c1)C(=O)OCC.CCOC(=O)C(=Cc1ccc(OCC=C(C)C)cc1)C(=O)OCC. The normalized spacial score (nSPS) is 9.95. The number of ether oxygens (including phenoxy) is 14. The van der Waals surface area contributed by atoms with E-state index in [4.69, 9.17) is 47.4 Å². The summed E-state index contributed by atoms with van der Waals surface area (Å²) in [5, 5.41) is 0. The van der Waals surface area contributed by atoms with Crippen molar-refractivity contribution in [3.05, 3.63) is 177 Å². The van der Waals surface area contributed by atoms with E-state index in [1.807, 2.05) is 78.8 Å². The summed E-state index contributed by atoms with van der Waals surface area (Å²) < 4.78 is 71.3. The van der Waals surface area contributed by atoms with Crippen molar-refractivity contribution in [1.29, 1.82) is 0 Å². The number of hydrogen-bond acceptors (Lipinski definition) is 22. The van der Waals surface area contributed by atoms with Crippen molar-refractivity contribution < 1.29 is 105 Å². The average Bonchev–Trinajstić information content (AvgIpc) is 0.879. The van der Waals surface area contributed by atoms with Gasteiger partial charge in [0.2, 0.25) is 0 Å². The van der Waals surface area contributed by atoms with Gasteiger partial charge in [-0.2, -0.15) is 0 Å². The Morgan fingerprint density at radius 2 is 0.742 bits per heavy atom. The number of aryl methyl sites for hydroxylation is 1. The van der Waals surface area contributed by atoms with Crippen LogP contribution in [0.4, 0.5) is 0 Å². The van der Waals surface area contributed by atoms with Crippen LogP contribution in [0, 0.1) is 6.92 Å². The molecule has 0 amide bonds. The predicted molar refractivity (Wildman–Crippen MR) is 370 cm³/mol. The van der Waals surface area contributed by atoms with Crippen LogP contribution in [0.3, 0.4) is 0 Å². The van der Waals surface area contributed by atoms with Crippen molar-refractivity contribution in [2.45, 2.75) is 89.0 Å². The third-order valence-electron chi connectivity index (χ3n) is 12.3. The summed E-state index contributed by atoms with van der Waals surface area (Å²) in [4.78, 5) is 94.6. The molecule has 0 spiro atoms. The number of esters is 8. The van der Waals surface area contributed by atoms with Gasteiger partial charge in [-0.3, -0.25) is 0 Å². The first kappa shape index (κ1) is 84.4. The zero-order valence-electron chi connectivity index (χ0n) is 58.8. The molecule has 4 rings (SSSR count). The van der Waals surface area contributed by atoms with Crippen molar-refractivity contribution in [2.75, 3.05) is 95.5 Å². The van der Waals surface area contributed by atoms with Gasteiger partial charge in [-0.1, -0.05) is 65.8 Å². The fourth-order valence-electron chi connectivity index (χ4n) is 7.54. The minimum absolute atomic E-state index is 0.128. The standard InChI is InChI=1S/C21H28O6.C19H24O6.C19H24O5.C16H18O5/c1-7-25-20(22)17(21(23)26-8-2)12-16-11-15(5)19(18(13-16)24-6)27-10-9-14(3)4;1-5-6-7-8-11-25-16-10-9-14(13-17(16)22-2)12-15(18(20)23-3)19(21)24-4;1-5-22-18(20)17(19(21)23-6-2)13-15-7-9-16(10-8-15)24-12-11-14(3)4;1-4-5-10-21-13-8-6-12(7-9-13)11-14(15(17)19-2)16(18)20-3/h9,11-13H,7-8,10H2,1-6H3;5-6,9-10,12-13H,7-8,11H2,1-4H3;7-11,13H,5-6,12H2,1-4H3;4-9,11H,10H2,1-3H3/b;6-5+;;5-4+. The third-order valence-corrected chi connectivity index (χ3v) is 12.3. The smallest absolute Gasteiger partial charge is 0.345 e. The first-order valence-electron chi connectivity index (χ1n) is 31.0. The molecule has 0 radical (unpaired) electrons. The van der Waals surface area contributed by atoms with E-state index in [0.717, 1.165) is 24.0 Å². The Balaban J connectivity index is 0.000000649. The quantitative estimate of drug-likeness (QED) is 0.00836. The molecule has 0 atom stereocenters. The molecule has 22 heteroatoms. The van der Waals surface area contributed by atoms with Crippen LogP contribution in [0.2, 0.25) is 0 Å². The summed E-state index contributed by atoms with van der Waals surface area (Å²) in [5.41, 5.74) is 5.03. The lowest BCUT2D eigenvalue weighted by Gasteiger charge is -2.14. The van der Waals surface area contributed by atoms with Crippen LogP contribution in [0.25, 0.3) is 24.3 Å². The van der Waals surface area contributed by atoms with E-state index in [-0.39, 0.29) is 48.7 Å². The Morgan fingerprint density at radius 1 is 0.381 bits per heavy atom. The van der Waals surface area contributed by atoms with Crippen LogP contribution >= 0.6 is 0 Å². The van der Waals surface area contributed by atoms with E-state index < -0.39 is 47.8 Å². The topological polar surface area (TPSA) is 266 Å². The zero-order chi connectivity index (χ0) is 72.7. The fourth-order valence-corrected chi connectivity index (χ4v) is 7.54. The first-order valence-corrected chi connectivity index (χ1v) is 31.0. The number of carbonyl (C=O) groups excluding carboxylic acids is 8. The monoisotopic (exact) mass is 1350 g/mol. The van der Waals surface area contributed by atoms with E-state index in [9.17, 15) is 38.4 Å². The summed E-state index contributed by atoms with van der Waals surface area (Å²) in [6, 6.07) is 22.7. The lowest BCUT2D eigenvalue weighted by Crippen LogP contribution is -2.18. The Labute approximate surface area is 570 Å². The van der Waals surface area contributed by atoms with Crippen molar-refractivity contribution >= 4 is 72.1 Å². The van der Waals surface area contributed by atoms with Crippen LogP contribution < -0.4 is 28.4 Å². The second kappa shape index (κ2) is 49.0. The number of allylic oxidation sites excluding steroid dienone is 5. The third kappa shape index (κ3) is 32.9. The molecule has 0 aromatic heterocycles. The number of benzene rings is 4. The minimum Gasteiger partial charge on any atom is -0.493 e. The Bertz CT molecular complexity index is 3350. The number of hydrogen-bond donors (Lipinski definition) is 0. The molecule has 0 heterocycles. The summed E-state index contributed by atoms with van der Waals surface area (Å²) in [6.07, 6.45) is 19.3. The molecular weight excluding hydrogens is 1250 g/mol. The average molecular weight is 1350 g/mol. The zero-order valence-corrected chi connectivity index (χ0v) is 58.8. The second-order valence-electron chi connectivity index (χ2n) is 20.1. The molecule has 0 saturated heterocycles. The van der Waals surface area contributed by atoms with Gasteiger partial charge in [0, 0.05) is 0 Å². The molecule has 0 N–H and O–H groups in total. The van der Waals surface area contributed by atoms with Crippen molar-refractivity contribution in [2.24, 2.45) is 0 Å². The van der Waals surface area contributed by atoms with Crippen molar-refractivity contribution in [1.82, 2.24) is 0 Å². The summed E-state index contributed by atoms with van der Waals surface area (Å²) >= 11 is 0. The van der Waals surface area contributed by atoms with E-state index in [2.05, 4.69) is 25.0 Å². The van der Waals surface area contributed by atoms with Crippen LogP contribution in [-0.2, 0) is 76.3 Å². The van der Waals surface area contributed by atoms with E-state index >= 15 is 0 Å². The highest BCUT2D eigenvalue weighted by Gasteiger charge is 2.24. The molecular formula is C75H94O22. The van der Waals surface area contributed by atoms with Crippen LogP contribution in [0.5, 0.6) is 34.5 Å². The van der Waals surface area contributed by atoms with Gasteiger partial charge in [-0.25, -0.2) is 38.4 Å². The molecule has 0 aliphatic carbocycles.